The lowest BCUT2D eigenvalue weighted by Crippen LogP contribution is -2.29. The molecular formula is C20H28F2N2O. The highest BCUT2D eigenvalue weighted by molar-refractivity contribution is 5.93. The number of rotatable bonds is 6. The fourth-order valence-electron chi connectivity index (χ4n) is 3.67. The van der Waals surface area contributed by atoms with Crippen LogP contribution in [-0.4, -0.2) is 23.9 Å². The Morgan fingerprint density at radius 3 is 2.44 bits per heavy atom. The van der Waals surface area contributed by atoms with Crippen molar-refractivity contribution >= 4 is 11.6 Å². The molecule has 1 heterocycles. The van der Waals surface area contributed by atoms with Crippen LogP contribution in [0.25, 0.3) is 0 Å². The number of likely N-dealkylation sites (tertiary alicyclic amines) is 1. The summed E-state index contributed by atoms with van der Waals surface area (Å²) in [6.07, 6.45) is 5.59. The molecule has 0 spiro atoms. The molecule has 0 unspecified atom stereocenters. The number of benzene rings is 1. The Kier molecular flexibility index (Phi) is 5.72. The Hall–Kier alpha value is -1.49. The van der Waals surface area contributed by atoms with Crippen LogP contribution in [0.4, 0.5) is 14.5 Å². The van der Waals surface area contributed by atoms with E-state index in [1.165, 1.54) is 0 Å². The fourth-order valence-corrected chi connectivity index (χ4v) is 3.67. The van der Waals surface area contributed by atoms with Gasteiger partial charge in [-0.25, -0.2) is 8.78 Å². The van der Waals surface area contributed by atoms with Crippen LogP contribution in [0.2, 0.25) is 0 Å². The maximum absolute atomic E-state index is 14.8. The van der Waals surface area contributed by atoms with Gasteiger partial charge in [0.2, 0.25) is 5.91 Å². The van der Waals surface area contributed by atoms with Crippen LogP contribution in [-0.2, 0) is 17.8 Å². The summed E-state index contributed by atoms with van der Waals surface area (Å²) in [5.74, 6) is -1.63. The normalized spacial score (nSPS) is 18.6. The molecule has 1 aliphatic heterocycles. The van der Waals surface area contributed by atoms with Crippen LogP contribution in [0.3, 0.4) is 0 Å². The molecule has 1 saturated heterocycles. The van der Waals surface area contributed by atoms with Crippen molar-refractivity contribution in [3.63, 3.8) is 0 Å². The van der Waals surface area contributed by atoms with Gasteiger partial charge in [-0.1, -0.05) is 20.3 Å². The smallest absolute Gasteiger partial charge is 0.227 e. The molecule has 1 saturated carbocycles. The van der Waals surface area contributed by atoms with Crippen molar-refractivity contribution in [2.75, 3.05) is 18.4 Å². The molecule has 1 aromatic rings. The Morgan fingerprint density at radius 2 is 1.88 bits per heavy atom. The molecular weight excluding hydrogens is 322 g/mol. The first-order valence-corrected chi connectivity index (χ1v) is 9.48. The molecule has 0 atom stereocenters. The van der Waals surface area contributed by atoms with Gasteiger partial charge in [-0.05, 0) is 62.7 Å². The largest absolute Gasteiger partial charge is 0.323 e. The highest BCUT2D eigenvalue weighted by atomic mass is 19.2. The number of nitrogens with zero attached hydrogens (tertiary/aromatic N) is 1. The van der Waals surface area contributed by atoms with Gasteiger partial charge in [0.25, 0.3) is 0 Å². The molecule has 1 aliphatic carbocycles. The van der Waals surface area contributed by atoms with Crippen molar-refractivity contribution in [3.8, 4) is 0 Å². The predicted molar refractivity (Wildman–Crippen MR) is 95.4 cm³/mol. The van der Waals surface area contributed by atoms with Crippen molar-refractivity contribution < 1.29 is 13.6 Å². The lowest BCUT2D eigenvalue weighted by atomic mass is 9.84. The monoisotopic (exact) mass is 350 g/mol. The number of hydrogen-bond acceptors (Lipinski definition) is 2. The third-order valence-electron chi connectivity index (χ3n) is 5.34. The van der Waals surface area contributed by atoms with Gasteiger partial charge >= 0.3 is 0 Å². The SMILES string of the molecule is CC(C)Cc1cc(NC(=O)C2CCC2)c(F)c(F)c1CN1CCCC1. The molecule has 3 nitrogen and oxygen atoms in total. The summed E-state index contributed by atoms with van der Waals surface area (Å²) in [5.41, 5.74) is 1.26. The Bertz CT molecular complexity index is 635. The highest BCUT2D eigenvalue weighted by Crippen LogP contribution is 2.31. The molecule has 25 heavy (non-hydrogen) atoms. The minimum atomic E-state index is -0.922. The topological polar surface area (TPSA) is 32.3 Å². The standard InChI is InChI=1S/C20H28F2N2O/c1-13(2)10-15-11-17(23-20(25)14-6-5-7-14)19(22)18(21)16(15)12-24-8-3-4-9-24/h11,13-14H,3-10,12H2,1-2H3,(H,23,25). The summed E-state index contributed by atoms with van der Waals surface area (Å²) in [6, 6.07) is 1.65. The molecule has 2 fully saturated rings. The summed E-state index contributed by atoms with van der Waals surface area (Å²) in [4.78, 5) is 14.3. The number of hydrogen-bond donors (Lipinski definition) is 1. The van der Waals surface area contributed by atoms with Crippen LogP contribution in [0.15, 0.2) is 6.07 Å². The van der Waals surface area contributed by atoms with Crippen molar-refractivity contribution in [1.29, 1.82) is 0 Å². The Morgan fingerprint density at radius 1 is 1.20 bits per heavy atom. The van der Waals surface area contributed by atoms with Gasteiger partial charge in [-0.15, -0.1) is 0 Å². The summed E-state index contributed by atoms with van der Waals surface area (Å²) in [6.45, 7) is 6.44. The zero-order chi connectivity index (χ0) is 18.0. The van der Waals surface area contributed by atoms with Crippen molar-refractivity contribution in [2.24, 2.45) is 11.8 Å². The van der Waals surface area contributed by atoms with E-state index < -0.39 is 11.6 Å². The van der Waals surface area contributed by atoms with Gasteiger partial charge in [0.1, 0.15) is 0 Å². The Balaban J connectivity index is 1.88. The molecule has 1 aromatic carbocycles. The molecule has 0 bridgehead atoms. The number of nitrogens with one attached hydrogen (secondary N) is 1. The van der Waals surface area contributed by atoms with Crippen LogP contribution >= 0.6 is 0 Å². The van der Waals surface area contributed by atoms with E-state index in [-0.39, 0.29) is 17.5 Å². The maximum Gasteiger partial charge on any atom is 0.227 e. The highest BCUT2D eigenvalue weighted by Gasteiger charge is 2.28. The molecule has 0 aromatic heterocycles. The molecule has 138 valence electrons. The minimum absolute atomic E-state index is 0.00442. The lowest BCUT2D eigenvalue weighted by molar-refractivity contribution is -0.122. The first-order valence-electron chi connectivity index (χ1n) is 9.48. The van der Waals surface area contributed by atoms with E-state index in [0.29, 0.717) is 24.4 Å². The van der Waals surface area contributed by atoms with Gasteiger partial charge in [0, 0.05) is 18.0 Å². The van der Waals surface area contributed by atoms with Crippen LogP contribution in [0.1, 0.15) is 57.1 Å². The first-order chi connectivity index (χ1) is 12.0. The first kappa shape index (κ1) is 18.3. The molecule has 5 heteroatoms. The molecule has 0 radical (unpaired) electrons. The van der Waals surface area contributed by atoms with Crippen molar-refractivity contribution in [2.45, 2.75) is 58.9 Å². The zero-order valence-electron chi connectivity index (χ0n) is 15.2. The average molecular weight is 350 g/mol. The van der Waals surface area contributed by atoms with Crippen molar-refractivity contribution in [1.82, 2.24) is 4.90 Å². The van der Waals surface area contributed by atoms with E-state index >= 15 is 0 Å². The molecule has 2 aliphatic rings. The van der Waals surface area contributed by atoms with Crippen LogP contribution < -0.4 is 5.32 Å². The molecule has 1 amide bonds. The second-order valence-electron chi connectivity index (χ2n) is 7.89. The maximum atomic E-state index is 14.8. The van der Waals surface area contributed by atoms with E-state index in [2.05, 4.69) is 24.1 Å². The minimum Gasteiger partial charge on any atom is -0.323 e. The number of carbonyl (C=O) groups is 1. The second kappa shape index (κ2) is 7.81. The van der Waals surface area contributed by atoms with Gasteiger partial charge in [0.15, 0.2) is 11.6 Å². The van der Waals surface area contributed by atoms with E-state index in [1.807, 2.05) is 0 Å². The van der Waals surface area contributed by atoms with Gasteiger partial charge in [-0.2, -0.15) is 0 Å². The number of halogens is 2. The summed E-state index contributed by atoms with van der Waals surface area (Å²) < 4.78 is 29.4. The van der Waals surface area contributed by atoms with E-state index in [0.717, 1.165) is 50.8 Å². The van der Waals surface area contributed by atoms with Gasteiger partial charge < -0.3 is 5.32 Å². The zero-order valence-corrected chi connectivity index (χ0v) is 15.2. The van der Waals surface area contributed by atoms with Crippen molar-refractivity contribution in [3.05, 3.63) is 28.8 Å². The second-order valence-corrected chi connectivity index (χ2v) is 7.89. The summed E-state index contributed by atoms with van der Waals surface area (Å²) in [7, 11) is 0. The summed E-state index contributed by atoms with van der Waals surface area (Å²) in [5, 5.41) is 2.62. The number of amides is 1. The van der Waals surface area contributed by atoms with Crippen LogP contribution in [0, 0.1) is 23.5 Å². The average Bonchev–Trinajstić information content (AvgIpc) is 2.99. The quantitative estimate of drug-likeness (QED) is 0.819. The fraction of sp³-hybridized carbons (Fsp3) is 0.650. The third kappa shape index (κ3) is 4.20. The molecule has 3 rings (SSSR count). The molecule has 1 N–H and O–H groups in total. The number of carbonyl (C=O) groups excluding carboxylic acids is 1. The van der Waals surface area contributed by atoms with Gasteiger partial charge in [-0.3, -0.25) is 9.69 Å². The van der Waals surface area contributed by atoms with E-state index in [9.17, 15) is 13.6 Å². The van der Waals surface area contributed by atoms with Crippen LogP contribution in [0.5, 0.6) is 0 Å². The van der Waals surface area contributed by atoms with E-state index in [4.69, 9.17) is 0 Å². The van der Waals surface area contributed by atoms with E-state index in [1.54, 1.807) is 6.07 Å². The summed E-state index contributed by atoms with van der Waals surface area (Å²) >= 11 is 0. The number of anilines is 1. The predicted octanol–water partition coefficient (Wildman–Crippen LogP) is 4.50. The third-order valence-corrected chi connectivity index (χ3v) is 5.34. The van der Waals surface area contributed by atoms with Gasteiger partial charge in [0.05, 0.1) is 5.69 Å². The Labute approximate surface area is 148 Å². The lowest BCUT2D eigenvalue weighted by Gasteiger charge is -2.25.